The maximum Gasteiger partial charge on any atom is 0.338 e. The van der Waals surface area contributed by atoms with Gasteiger partial charge in [0.05, 0.1) is 16.6 Å². The smallest absolute Gasteiger partial charge is 0.338 e. The molecular formula is C23H19N3O3. The van der Waals surface area contributed by atoms with Gasteiger partial charge in [0.15, 0.2) is 6.61 Å². The summed E-state index contributed by atoms with van der Waals surface area (Å²) in [5.41, 5.74) is 4.48. The van der Waals surface area contributed by atoms with E-state index in [0.29, 0.717) is 11.3 Å². The molecule has 0 atom stereocenters. The molecular weight excluding hydrogens is 366 g/mol. The number of imidazole rings is 1. The van der Waals surface area contributed by atoms with Crippen molar-refractivity contribution in [2.24, 2.45) is 0 Å². The minimum Gasteiger partial charge on any atom is -0.452 e. The first kappa shape index (κ1) is 18.4. The summed E-state index contributed by atoms with van der Waals surface area (Å²) in [6, 6.07) is 22.2. The number of nitrogens with one attached hydrogen (secondary N) is 2. The molecule has 0 saturated heterocycles. The second-order valence-electron chi connectivity index (χ2n) is 6.68. The summed E-state index contributed by atoms with van der Waals surface area (Å²) in [4.78, 5) is 32.1. The predicted octanol–water partition coefficient (Wildman–Crippen LogP) is 4.33. The molecule has 6 heteroatoms. The van der Waals surface area contributed by atoms with Crippen LogP contribution in [-0.2, 0) is 9.53 Å². The molecule has 29 heavy (non-hydrogen) atoms. The van der Waals surface area contributed by atoms with Crippen LogP contribution in [0.15, 0.2) is 72.8 Å². The molecule has 0 fully saturated rings. The number of esters is 1. The zero-order valence-corrected chi connectivity index (χ0v) is 15.8. The number of aromatic amines is 1. The molecule has 4 rings (SSSR count). The van der Waals surface area contributed by atoms with Crippen molar-refractivity contribution in [3.63, 3.8) is 0 Å². The maximum atomic E-state index is 12.3. The molecule has 1 aromatic heterocycles. The first-order valence-electron chi connectivity index (χ1n) is 9.17. The van der Waals surface area contributed by atoms with Crippen molar-refractivity contribution in [1.29, 1.82) is 0 Å². The van der Waals surface area contributed by atoms with Crippen LogP contribution >= 0.6 is 0 Å². The summed E-state index contributed by atoms with van der Waals surface area (Å²) >= 11 is 0. The van der Waals surface area contributed by atoms with Crippen LogP contribution in [0, 0.1) is 6.92 Å². The lowest BCUT2D eigenvalue weighted by atomic mass is 10.2. The number of hydrogen-bond acceptors (Lipinski definition) is 4. The third-order valence-corrected chi connectivity index (χ3v) is 4.40. The topological polar surface area (TPSA) is 84.1 Å². The van der Waals surface area contributed by atoms with Crippen LogP contribution in [-0.4, -0.2) is 28.5 Å². The van der Waals surface area contributed by atoms with Gasteiger partial charge in [0.2, 0.25) is 0 Å². The van der Waals surface area contributed by atoms with Gasteiger partial charge >= 0.3 is 5.97 Å². The normalized spacial score (nSPS) is 10.7. The van der Waals surface area contributed by atoms with E-state index >= 15 is 0 Å². The number of rotatable bonds is 5. The molecule has 0 bridgehead atoms. The van der Waals surface area contributed by atoms with Gasteiger partial charge in [-0.1, -0.05) is 42.5 Å². The van der Waals surface area contributed by atoms with Gasteiger partial charge in [-0.25, -0.2) is 9.78 Å². The number of amides is 1. The summed E-state index contributed by atoms with van der Waals surface area (Å²) in [6.45, 7) is 1.58. The van der Waals surface area contributed by atoms with Crippen LogP contribution in [0.4, 0.5) is 5.69 Å². The van der Waals surface area contributed by atoms with Crippen LogP contribution in [0.3, 0.4) is 0 Å². The molecule has 0 aliphatic rings. The molecule has 0 radical (unpaired) electrons. The lowest BCUT2D eigenvalue weighted by Gasteiger charge is -2.07. The largest absolute Gasteiger partial charge is 0.452 e. The van der Waals surface area contributed by atoms with Crippen LogP contribution in [0.1, 0.15) is 15.9 Å². The Kier molecular flexibility index (Phi) is 5.07. The molecule has 0 aliphatic carbocycles. The van der Waals surface area contributed by atoms with Crippen molar-refractivity contribution in [2.75, 3.05) is 11.9 Å². The van der Waals surface area contributed by atoms with E-state index in [1.807, 2.05) is 55.5 Å². The van der Waals surface area contributed by atoms with Crippen molar-refractivity contribution >= 4 is 28.6 Å². The lowest BCUT2D eigenvalue weighted by Crippen LogP contribution is -2.20. The van der Waals surface area contributed by atoms with E-state index in [-0.39, 0.29) is 6.61 Å². The Bertz CT molecular complexity index is 1180. The van der Waals surface area contributed by atoms with Gasteiger partial charge in [-0.3, -0.25) is 4.79 Å². The first-order valence-corrected chi connectivity index (χ1v) is 9.17. The number of ether oxygens (including phenoxy) is 1. The van der Waals surface area contributed by atoms with Gasteiger partial charge in [-0.05, 0) is 42.8 Å². The summed E-state index contributed by atoms with van der Waals surface area (Å²) < 4.78 is 5.15. The molecule has 2 N–H and O–H groups in total. The summed E-state index contributed by atoms with van der Waals surface area (Å²) in [5.74, 6) is -0.233. The van der Waals surface area contributed by atoms with E-state index in [1.54, 1.807) is 24.3 Å². The van der Waals surface area contributed by atoms with Crippen LogP contribution < -0.4 is 5.32 Å². The van der Waals surface area contributed by atoms with Crippen LogP contribution in [0.2, 0.25) is 0 Å². The number of aromatic nitrogens is 2. The molecule has 0 saturated carbocycles. The second-order valence-corrected chi connectivity index (χ2v) is 6.68. The minimum absolute atomic E-state index is 0.351. The zero-order chi connectivity index (χ0) is 20.2. The van der Waals surface area contributed by atoms with Crippen LogP contribution in [0.25, 0.3) is 22.4 Å². The quantitative estimate of drug-likeness (QED) is 0.501. The number of hydrogen-bond donors (Lipinski definition) is 2. The van der Waals surface area contributed by atoms with E-state index in [2.05, 4.69) is 15.3 Å². The molecule has 1 amide bonds. The summed E-state index contributed by atoms with van der Waals surface area (Å²) in [5, 5.41) is 2.71. The van der Waals surface area contributed by atoms with E-state index in [4.69, 9.17) is 4.74 Å². The molecule has 1 heterocycles. The van der Waals surface area contributed by atoms with E-state index in [1.165, 1.54) is 0 Å². The fraction of sp³-hybridized carbons (Fsp3) is 0.0870. The fourth-order valence-electron chi connectivity index (χ4n) is 3.00. The molecule has 0 spiro atoms. The first-order chi connectivity index (χ1) is 14.1. The van der Waals surface area contributed by atoms with Crippen LogP contribution in [0.5, 0.6) is 0 Å². The molecule has 3 aromatic carbocycles. The van der Waals surface area contributed by atoms with Gasteiger partial charge in [0.1, 0.15) is 5.82 Å². The molecule has 0 unspecified atom stereocenters. The monoisotopic (exact) mass is 385 g/mol. The summed E-state index contributed by atoms with van der Waals surface area (Å²) in [6.07, 6.45) is 0. The lowest BCUT2D eigenvalue weighted by molar-refractivity contribution is -0.119. The number of carbonyl (C=O) groups is 2. The Morgan fingerprint density at radius 2 is 1.83 bits per heavy atom. The fourth-order valence-corrected chi connectivity index (χ4v) is 3.00. The highest BCUT2D eigenvalue weighted by molar-refractivity contribution is 5.97. The Balaban J connectivity index is 1.42. The number of fused-ring (bicyclic) bond motifs is 1. The Morgan fingerprint density at radius 1 is 1.00 bits per heavy atom. The number of carbonyl (C=O) groups excluding carboxylic acids is 2. The number of benzene rings is 3. The highest BCUT2D eigenvalue weighted by atomic mass is 16.5. The third-order valence-electron chi connectivity index (χ3n) is 4.40. The SMILES string of the molecule is Cc1cccc(NC(=O)COC(=O)c2ccc3nc(-c4ccccc4)[nH]c3c2)c1. The van der Waals surface area contributed by atoms with Crippen molar-refractivity contribution in [2.45, 2.75) is 6.92 Å². The molecule has 4 aromatic rings. The maximum absolute atomic E-state index is 12.3. The zero-order valence-electron chi connectivity index (χ0n) is 15.8. The second kappa shape index (κ2) is 7.98. The number of H-pyrrole nitrogens is 1. The minimum atomic E-state index is -0.567. The van der Waals surface area contributed by atoms with Gasteiger partial charge in [-0.15, -0.1) is 0 Å². The third kappa shape index (κ3) is 4.32. The highest BCUT2D eigenvalue weighted by Crippen LogP contribution is 2.21. The molecule has 6 nitrogen and oxygen atoms in total. The molecule has 144 valence electrons. The van der Waals surface area contributed by atoms with Crippen molar-refractivity contribution in [3.05, 3.63) is 83.9 Å². The molecule has 0 aliphatic heterocycles. The van der Waals surface area contributed by atoms with Gasteiger partial charge in [0.25, 0.3) is 5.91 Å². The van der Waals surface area contributed by atoms with Crippen molar-refractivity contribution in [3.8, 4) is 11.4 Å². The standard InChI is InChI=1S/C23H19N3O3/c1-15-6-5-9-18(12-15)24-21(27)14-29-23(28)17-10-11-19-20(13-17)26-22(25-19)16-7-3-2-4-8-16/h2-13H,14H2,1H3,(H,24,27)(H,25,26). The average Bonchev–Trinajstić information content (AvgIpc) is 3.16. The average molecular weight is 385 g/mol. The van der Waals surface area contributed by atoms with E-state index < -0.39 is 11.9 Å². The van der Waals surface area contributed by atoms with E-state index in [0.717, 1.165) is 28.0 Å². The number of nitrogens with zero attached hydrogens (tertiary/aromatic N) is 1. The Hall–Kier alpha value is -3.93. The highest BCUT2D eigenvalue weighted by Gasteiger charge is 2.13. The van der Waals surface area contributed by atoms with Gasteiger partial charge in [0, 0.05) is 11.3 Å². The van der Waals surface area contributed by atoms with Gasteiger partial charge < -0.3 is 15.0 Å². The summed E-state index contributed by atoms with van der Waals surface area (Å²) in [7, 11) is 0. The van der Waals surface area contributed by atoms with Crippen molar-refractivity contribution in [1.82, 2.24) is 9.97 Å². The number of anilines is 1. The van der Waals surface area contributed by atoms with E-state index in [9.17, 15) is 9.59 Å². The Labute approximate surface area is 167 Å². The van der Waals surface area contributed by atoms with Crippen molar-refractivity contribution < 1.29 is 14.3 Å². The Morgan fingerprint density at radius 3 is 2.62 bits per heavy atom. The van der Waals surface area contributed by atoms with Gasteiger partial charge in [-0.2, -0.15) is 0 Å². The predicted molar refractivity (Wildman–Crippen MR) is 112 cm³/mol. The number of aryl methyl sites for hydroxylation is 1.